The molecular weight excluding hydrogens is 400 g/mol. The smallest absolute Gasteiger partial charge is 0.263 e. The molecule has 1 saturated heterocycles. The van der Waals surface area contributed by atoms with Gasteiger partial charge in [0.25, 0.3) is 5.88 Å². The maximum Gasteiger partial charge on any atom is 0.263 e. The molecule has 3 aromatic rings. The number of carbonyl (C=O) groups excluding carboxylic acids is 1. The van der Waals surface area contributed by atoms with Crippen molar-refractivity contribution in [3.8, 4) is 11.6 Å². The number of hydrogen-bond acceptors (Lipinski definition) is 5. The van der Waals surface area contributed by atoms with E-state index >= 15 is 0 Å². The third kappa shape index (κ3) is 5.84. The van der Waals surface area contributed by atoms with Gasteiger partial charge in [-0.2, -0.15) is 0 Å². The number of ether oxygens (including phenoxy) is 1. The molecule has 32 heavy (non-hydrogen) atoms. The van der Waals surface area contributed by atoms with Crippen molar-refractivity contribution in [3.63, 3.8) is 0 Å². The highest BCUT2D eigenvalue weighted by Gasteiger charge is 2.29. The standard InChI is InChI=1S/C26H30N4O2/c1-20(14-15-21-9-4-2-5-10-21)29-25(31)22-11-8-18-30(19-22)24-26(28-17-16-27-24)32-23-12-6-3-7-13-23/h2-7,9-10,12-13,16-17,20,22H,8,11,14-15,18-19H2,1H3,(H,29,31)/t20-,22+/m0/s1. The van der Waals surface area contributed by atoms with E-state index in [2.05, 4.69) is 51.4 Å². The van der Waals surface area contributed by atoms with Crippen LogP contribution in [0.5, 0.6) is 11.6 Å². The lowest BCUT2D eigenvalue weighted by atomic mass is 9.96. The molecule has 1 N–H and O–H groups in total. The number of aryl methyl sites for hydroxylation is 1. The van der Waals surface area contributed by atoms with Gasteiger partial charge < -0.3 is 15.0 Å². The summed E-state index contributed by atoms with van der Waals surface area (Å²) >= 11 is 0. The molecule has 2 heterocycles. The number of hydrogen-bond donors (Lipinski definition) is 1. The Morgan fingerprint density at radius 3 is 2.59 bits per heavy atom. The number of anilines is 1. The molecule has 0 unspecified atom stereocenters. The Morgan fingerprint density at radius 2 is 1.81 bits per heavy atom. The van der Waals surface area contributed by atoms with Crippen LogP contribution in [0.25, 0.3) is 0 Å². The van der Waals surface area contributed by atoms with Gasteiger partial charge in [0.15, 0.2) is 5.82 Å². The van der Waals surface area contributed by atoms with E-state index in [1.54, 1.807) is 12.4 Å². The first-order valence-electron chi connectivity index (χ1n) is 11.3. The Kier molecular flexibility index (Phi) is 7.33. The molecular formula is C26H30N4O2. The first-order valence-corrected chi connectivity index (χ1v) is 11.3. The largest absolute Gasteiger partial charge is 0.436 e. The summed E-state index contributed by atoms with van der Waals surface area (Å²) in [4.78, 5) is 24.0. The van der Waals surface area contributed by atoms with Crippen molar-refractivity contribution < 1.29 is 9.53 Å². The summed E-state index contributed by atoms with van der Waals surface area (Å²) < 4.78 is 5.98. The first kappa shape index (κ1) is 21.8. The van der Waals surface area contributed by atoms with E-state index in [0.717, 1.165) is 32.2 Å². The van der Waals surface area contributed by atoms with Gasteiger partial charge in [0.1, 0.15) is 5.75 Å². The summed E-state index contributed by atoms with van der Waals surface area (Å²) in [6.45, 7) is 3.52. The highest BCUT2D eigenvalue weighted by molar-refractivity contribution is 5.80. The summed E-state index contributed by atoms with van der Waals surface area (Å²) in [5, 5.41) is 3.21. The molecule has 0 aliphatic carbocycles. The van der Waals surface area contributed by atoms with Crippen molar-refractivity contribution in [1.82, 2.24) is 15.3 Å². The Bertz CT molecular complexity index is 997. The molecule has 1 aliphatic heterocycles. The van der Waals surface area contributed by atoms with Crippen LogP contribution < -0.4 is 15.0 Å². The van der Waals surface area contributed by atoms with Gasteiger partial charge in [-0.3, -0.25) is 4.79 Å². The van der Waals surface area contributed by atoms with E-state index in [4.69, 9.17) is 4.74 Å². The van der Waals surface area contributed by atoms with Gasteiger partial charge in [-0.25, -0.2) is 9.97 Å². The lowest BCUT2D eigenvalue weighted by Gasteiger charge is -2.33. The zero-order valence-corrected chi connectivity index (χ0v) is 18.5. The molecule has 1 fully saturated rings. The number of rotatable bonds is 8. The predicted octanol–water partition coefficient (Wildman–Crippen LogP) is 4.62. The molecule has 0 spiro atoms. The van der Waals surface area contributed by atoms with Crippen molar-refractivity contribution in [2.24, 2.45) is 5.92 Å². The van der Waals surface area contributed by atoms with Crippen molar-refractivity contribution >= 4 is 11.7 Å². The van der Waals surface area contributed by atoms with Crippen LogP contribution in [0.2, 0.25) is 0 Å². The van der Waals surface area contributed by atoms with Gasteiger partial charge in [-0.15, -0.1) is 0 Å². The molecule has 0 saturated carbocycles. The van der Waals surface area contributed by atoms with Crippen LogP contribution in [-0.4, -0.2) is 35.0 Å². The van der Waals surface area contributed by atoms with Crippen LogP contribution in [0.3, 0.4) is 0 Å². The molecule has 0 bridgehead atoms. The number of para-hydroxylation sites is 1. The summed E-state index contributed by atoms with van der Waals surface area (Å²) in [5.74, 6) is 1.91. The predicted molar refractivity (Wildman–Crippen MR) is 126 cm³/mol. The Hall–Kier alpha value is -3.41. The SMILES string of the molecule is C[C@@H](CCc1ccccc1)NC(=O)[C@@H]1CCCN(c2nccnc2Oc2ccccc2)C1. The molecule has 6 heteroatoms. The van der Waals surface area contributed by atoms with E-state index in [9.17, 15) is 4.79 Å². The van der Waals surface area contributed by atoms with Crippen molar-refractivity contribution in [1.29, 1.82) is 0 Å². The van der Waals surface area contributed by atoms with Gasteiger partial charge in [0.05, 0.1) is 5.92 Å². The van der Waals surface area contributed by atoms with Crippen LogP contribution in [0, 0.1) is 5.92 Å². The van der Waals surface area contributed by atoms with Crippen LogP contribution in [0.15, 0.2) is 73.1 Å². The van der Waals surface area contributed by atoms with Gasteiger partial charge in [0.2, 0.25) is 5.91 Å². The molecule has 6 nitrogen and oxygen atoms in total. The van der Waals surface area contributed by atoms with Crippen LogP contribution >= 0.6 is 0 Å². The average molecular weight is 431 g/mol. The summed E-state index contributed by atoms with van der Waals surface area (Å²) in [5.41, 5.74) is 1.30. The second-order valence-corrected chi connectivity index (χ2v) is 8.32. The second-order valence-electron chi connectivity index (χ2n) is 8.32. The quantitative estimate of drug-likeness (QED) is 0.565. The lowest BCUT2D eigenvalue weighted by Crippen LogP contribution is -2.45. The van der Waals surface area contributed by atoms with Crippen LogP contribution in [-0.2, 0) is 11.2 Å². The Balaban J connectivity index is 1.35. The Labute approximate surface area is 189 Å². The first-order chi connectivity index (χ1) is 15.7. The maximum absolute atomic E-state index is 13.0. The topological polar surface area (TPSA) is 67.4 Å². The zero-order chi connectivity index (χ0) is 22.2. The van der Waals surface area contributed by atoms with E-state index in [1.807, 2.05) is 36.4 Å². The summed E-state index contributed by atoms with van der Waals surface area (Å²) in [7, 11) is 0. The maximum atomic E-state index is 13.0. The number of aromatic nitrogens is 2. The molecule has 166 valence electrons. The average Bonchev–Trinajstić information content (AvgIpc) is 2.84. The van der Waals surface area contributed by atoms with E-state index < -0.39 is 0 Å². The lowest BCUT2D eigenvalue weighted by molar-refractivity contribution is -0.125. The number of piperidine rings is 1. The monoisotopic (exact) mass is 430 g/mol. The fourth-order valence-corrected chi connectivity index (χ4v) is 4.05. The van der Waals surface area contributed by atoms with Crippen molar-refractivity contribution in [2.75, 3.05) is 18.0 Å². The van der Waals surface area contributed by atoms with Crippen molar-refractivity contribution in [3.05, 3.63) is 78.6 Å². The molecule has 1 aromatic heterocycles. The number of amides is 1. The highest BCUT2D eigenvalue weighted by atomic mass is 16.5. The number of nitrogens with one attached hydrogen (secondary N) is 1. The summed E-state index contributed by atoms with van der Waals surface area (Å²) in [6, 6.07) is 20.1. The third-order valence-electron chi connectivity index (χ3n) is 5.79. The van der Waals surface area contributed by atoms with E-state index in [1.165, 1.54) is 5.56 Å². The minimum atomic E-state index is -0.0745. The van der Waals surface area contributed by atoms with Crippen LogP contribution in [0.1, 0.15) is 31.7 Å². The molecule has 1 aliphatic rings. The fourth-order valence-electron chi connectivity index (χ4n) is 4.05. The number of carbonyl (C=O) groups is 1. The molecule has 0 radical (unpaired) electrons. The summed E-state index contributed by atoms with van der Waals surface area (Å²) in [6.07, 6.45) is 6.98. The van der Waals surface area contributed by atoms with Crippen LogP contribution in [0.4, 0.5) is 5.82 Å². The molecule has 2 atom stereocenters. The van der Waals surface area contributed by atoms with E-state index in [-0.39, 0.29) is 17.9 Å². The van der Waals surface area contributed by atoms with Crippen molar-refractivity contribution in [2.45, 2.75) is 38.6 Å². The third-order valence-corrected chi connectivity index (χ3v) is 5.79. The minimum Gasteiger partial charge on any atom is -0.436 e. The number of benzene rings is 2. The van der Waals surface area contributed by atoms with Gasteiger partial charge in [-0.05, 0) is 50.3 Å². The van der Waals surface area contributed by atoms with Gasteiger partial charge in [0, 0.05) is 31.5 Å². The van der Waals surface area contributed by atoms with Gasteiger partial charge in [-0.1, -0.05) is 48.5 Å². The molecule has 2 aromatic carbocycles. The normalized spacial score (nSPS) is 16.9. The Morgan fingerprint density at radius 1 is 1.09 bits per heavy atom. The molecule has 4 rings (SSSR count). The zero-order valence-electron chi connectivity index (χ0n) is 18.5. The van der Waals surface area contributed by atoms with E-state index in [0.29, 0.717) is 24.0 Å². The highest BCUT2D eigenvalue weighted by Crippen LogP contribution is 2.31. The van der Waals surface area contributed by atoms with Gasteiger partial charge >= 0.3 is 0 Å². The second kappa shape index (κ2) is 10.8. The minimum absolute atomic E-state index is 0.0745. The number of nitrogens with zero attached hydrogens (tertiary/aromatic N) is 3. The fraction of sp³-hybridized carbons (Fsp3) is 0.346. The molecule has 1 amide bonds.